The maximum atomic E-state index is 14.8. The average molecular weight is 339 g/mol. The van der Waals surface area contributed by atoms with E-state index in [1.807, 2.05) is 6.07 Å². The van der Waals surface area contributed by atoms with Crippen LogP contribution in [0.5, 0.6) is 0 Å². The average Bonchev–Trinajstić information content (AvgIpc) is 2.68. The van der Waals surface area contributed by atoms with Gasteiger partial charge in [-0.15, -0.1) is 0 Å². The fourth-order valence-electron chi connectivity index (χ4n) is 4.72. The highest BCUT2D eigenvalue weighted by Crippen LogP contribution is 2.47. The summed E-state index contributed by atoms with van der Waals surface area (Å²) in [5, 5.41) is 0. The Morgan fingerprint density at radius 2 is 1.92 bits per heavy atom. The van der Waals surface area contributed by atoms with Gasteiger partial charge in [0.2, 0.25) is 0 Å². The maximum Gasteiger partial charge on any atom is 0.131 e. The Balaban J connectivity index is 1.95. The molecule has 1 nitrogen and oxygen atoms in total. The molecule has 0 spiro atoms. The number of halogens is 2. The largest absolute Gasteiger partial charge is 0.309 e. The zero-order valence-electron chi connectivity index (χ0n) is 14.8. The van der Waals surface area contributed by atoms with Crippen molar-refractivity contribution < 1.29 is 8.78 Å². The van der Waals surface area contributed by atoms with Crippen LogP contribution in [0, 0.1) is 17.6 Å². The second-order valence-corrected chi connectivity index (χ2v) is 7.65. The molecular formula is C22H23F2N. The van der Waals surface area contributed by atoms with Crippen LogP contribution in [-0.4, -0.2) is 25.5 Å². The first-order valence-electron chi connectivity index (χ1n) is 8.89. The summed E-state index contributed by atoms with van der Waals surface area (Å²) in [5.41, 5.74) is 5.51. The summed E-state index contributed by atoms with van der Waals surface area (Å²) in [4.78, 5) is 2.20. The minimum Gasteiger partial charge on any atom is -0.309 e. The van der Waals surface area contributed by atoms with Crippen LogP contribution in [0.2, 0.25) is 0 Å². The summed E-state index contributed by atoms with van der Waals surface area (Å²) < 4.78 is 28.7. The number of benzene rings is 2. The Labute approximate surface area is 148 Å². The van der Waals surface area contributed by atoms with Crippen LogP contribution in [0.15, 0.2) is 36.9 Å². The van der Waals surface area contributed by atoms with E-state index in [0.29, 0.717) is 17.1 Å². The lowest BCUT2D eigenvalue weighted by Gasteiger charge is -2.36. The Morgan fingerprint density at radius 1 is 1.12 bits per heavy atom. The van der Waals surface area contributed by atoms with Gasteiger partial charge < -0.3 is 4.90 Å². The molecule has 2 aromatic rings. The number of nitrogens with zero attached hydrogens (tertiary/aromatic N) is 1. The molecule has 0 aromatic heterocycles. The van der Waals surface area contributed by atoms with Crippen molar-refractivity contribution in [2.75, 3.05) is 20.6 Å². The molecule has 0 fully saturated rings. The summed E-state index contributed by atoms with van der Waals surface area (Å²) in [7, 11) is 4.15. The van der Waals surface area contributed by atoms with Crippen molar-refractivity contribution in [3.05, 3.63) is 76.4 Å². The van der Waals surface area contributed by atoms with Gasteiger partial charge in [0.25, 0.3) is 0 Å². The SMILES string of the molecule is C=C1c2ccc(F)cc2CC2c3c(ccc(F)c31)CCC2CN(C)C. The molecule has 0 radical (unpaired) electrons. The van der Waals surface area contributed by atoms with E-state index in [1.165, 1.54) is 11.6 Å². The molecule has 2 unspecified atom stereocenters. The van der Waals surface area contributed by atoms with Crippen LogP contribution < -0.4 is 0 Å². The van der Waals surface area contributed by atoms with Gasteiger partial charge in [-0.05, 0) is 91.2 Å². The lowest BCUT2D eigenvalue weighted by Crippen LogP contribution is -2.31. The zero-order chi connectivity index (χ0) is 17.7. The highest BCUT2D eigenvalue weighted by Gasteiger charge is 2.36. The standard InChI is InChI=1S/C22H23F2N/c1-13-18-8-7-17(23)10-16(18)11-19-15(12-25(2)3)5-4-14-6-9-20(24)21(13)22(14)19/h6-10,15,19H,1,4-5,11-12H2,2-3H3. The van der Waals surface area contributed by atoms with Crippen LogP contribution in [0.25, 0.3) is 5.57 Å². The van der Waals surface area contributed by atoms with E-state index < -0.39 is 0 Å². The van der Waals surface area contributed by atoms with Crippen molar-refractivity contribution in [3.63, 3.8) is 0 Å². The minimum absolute atomic E-state index is 0.205. The smallest absolute Gasteiger partial charge is 0.131 e. The van der Waals surface area contributed by atoms with Crippen molar-refractivity contribution in [1.29, 1.82) is 0 Å². The van der Waals surface area contributed by atoms with Gasteiger partial charge in [-0.25, -0.2) is 8.78 Å². The Bertz CT molecular complexity index is 853. The molecule has 2 aliphatic rings. The molecule has 0 saturated carbocycles. The molecule has 3 heteroatoms. The van der Waals surface area contributed by atoms with Gasteiger partial charge in [0.05, 0.1) is 0 Å². The number of aryl methyl sites for hydroxylation is 1. The summed E-state index contributed by atoms with van der Waals surface area (Å²) >= 11 is 0. The van der Waals surface area contributed by atoms with Crippen LogP contribution >= 0.6 is 0 Å². The highest BCUT2D eigenvalue weighted by atomic mass is 19.1. The van der Waals surface area contributed by atoms with E-state index in [4.69, 9.17) is 0 Å². The van der Waals surface area contributed by atoms with Gasteiger partial charge in [-0.1, -0.05) is 18.7 Å². The van der Waals surface area contributed by atoms with Crippen molar-refractivity contribution in [2.24, 2.45) is 5.92 Å². The van der Waals surface area contributed by atoms with Crippen molar-refractivity contribution >= 4 is 5.57 Å². The third kappa shape index (κ3) is 2.71. The lowest BCUT2D eigenvalue weighted by atomic mass is 9.71. The fraction of sp³-hybridized carbons (Fsp3) is 0.364. The van der Waals surface area contributed by atoms with Gasteiger partial charge in [0, 0.05) is 12.1 Å². The van der Waals surface area contributed by atoms with E-state index in [1.54, 1.807) is 18.2 Å². The summed E-state index contributed by atoms with van der Waals surface area (Å²) in [6.45, 7) is 5.15. The van der Waals surface area contributed by atoms with Gasteiger partial charge in [0.15, 0.2) is 0 Å². The van der Waals surface area contributed by atoms with E-state index >= 15 is 0 Å². The third-order valence-corrected chi connectivity index (χ3v) is 5.74. The van der Waals surface area contributed by atoms with Crippen LogP contribution in [-0.2, 0) is 12.8 Å². The Hall–Kier alpha value is -2.00. The van der Waals surface area contributed by atoms with Gasteiger partial charge in [0.1, 0.15) is 11.6 Å². The highest BCUT2D eigenvalue weighted by molar-refractivity contribution is 5.84. The third-order valence-electron chi connectivity index (χ3n) is 5.74. The molecular weight excluding hydrogens is 316 g/mol. The molecule has 2 atom stereocenters. The van der Waals surface area contributed by atoms with E-state index in [2.05, 4.69) is 25.6 Å². The van der Waals surface area contributed by atoms with Gasteiger partial charge >= 0.3 is 0 Å². The normalized spacial score (nSPS) is 21.7. The van der Waals surface area contributed by atoms with E-state index in [9.17, 15) is 8.78 Å². The summed E-state index contributed by atoms with van der Waals surface area (Å²) in [6.07, 6.45) is 2.79. The lowest BCUT2D eigenvalue weighted by molar-refractivity contribution is 0.263. The number of fused-ring (bicyclic) bond motifs is 1. The molecule has 2 aromatic carbocycles. The quantitative estimate of drug-likeness (QED) is 0.760. The van der Waals surface area contributed by atoms with Crippen LogP contribution in [0.1, 0.15) is 40.2 Å². The monoisotopic (exact) mass is 339 g/mol. The zero-order valence-corrected chi connectivity index (χ0v) is 14.8. The van der Waals surface area contributed by atoms with Crippen molar-refractivity contribution in [1.82, 2.24) is 4.90 Å². The van der Waals surface area contributed by atoms with Crippen molar-refractivity contribution in [2.45, 2.75) is 25.2 Å². The molecule has 0 heterocycles. The number of hydrogen-bond acceptors (Lipinski definition) is 1. The molecule has 25 heavy (non-hydrogen) atoms. The predicted octanol–water partition coefficient (Wildman–Crippen LogP) is 4.79. The molecule has 130 valence electrons. The molecule has 0 bridgehead atoms. The summed E-state index contributed by atoms with van der Waals surface area (Å²) in [6, 6.07) is 8.30. The summed E-state index contributed by atoms with van der Waals surface area (Å²) in [5.74, 6) is 0.191. The van der Waals surface area contributed by atoms with Crippen LogP contribution in [0.4, 0.5) is 8.78 Å². The molecule has 4 rings (SSSR count). The predicted molar refractivity (Wildman–Crippen MR) is 97.7 cm³/mol. The fourth-order valence-corrected chi connectivity index (χ4v) is 4.72. The molecule has 2 aliphatic carbocycles. The van der Waals surface area contributed by atoms with Crippen LogP contribution in [0.3, 0.4) is 0 Å². The molecule has 0 saturated heterocycles. The first kappa shape index (κ1) is 16.5. The molecule has 0 aliphatic heterocycles. The second-order valence-electron chi connectivity index (χ2n) is 7.65. The first-order chi connectivity index (χ1) is 12.0. The van der Waals surface area contributed by atoms with Gasteiger partial charge in [-0.3, -0.25) is 0 Å². The topological polar surface area (TPSA) is 3.24 Å². The second kappa shape index (κ2) is 6.06. The minimum atomic E-state index is -0.238. The number of hydrogen-bond donors (Lipinski definition) is 0. The molecule has 0 amide bonds. The Kier molecular flexibility index (Phi) is 3.99. The first-order valence-corrected chi connectivity index (χ1v) is 8.89. The number of rotatable bonds is 2. The van der Waals surface area contributed by atoms with E-state index in [-0.39, 0.29) is 17.6 Å². The Morgan fingerprint density at radius 3 is 2.68 bits per heavy atom. The van der Waals surface area contributed by atoms with E-state index in [0.717, 1.165) is 42.5 Å². The maximum absolute atomic E-state index is 14.8. The van der Waals surface area contributed by atoms with Crippen molar-refractivity contribution in [3.8, 4) is 0 Å². The molecule has 0 N–H and O–H groups in total. The van der Waals surface area contributed by atoms with Gasteiger partial charge in [-0.2, -0.15) is 0 Å².